The largest absolute Gasteiger partial charge is 0.379 e. The fourth-order valence-corrected chi connectivity index (χ4v) is 7.78. The number of hydrogen-bond acceptors (Lipinski definition) is 7. The fraction of sp³-hybridized carbons (Fsp3) is 0.667. The molecule has 0 atom stereocenters. The van der Waals surface area contributed by atoms with Crippen LogP contribution in [0.15, 0.2) is 48.5 Å². The fourth-order valence-electron chi connectivity index (χ4n) is 6.86. The molecule has 50 heavy (non-hydrogen) atoms. The molecule has 2 saturated heterocycles. The van der Waals surface area contributed by atoms with E-state index >= 15 is 0 Å². The van der Waals surface area contributed by atoms with Crippen LogP contribution >= 0.6 is 28.6 Å². The van der Waals surface area contributed by atoms with E-state index in [-0.39, 0.29) is 31.7 Å². The Morgan fingerprint density at radius 2 is 1.14 bits per heavy atom. The average molecular weight is 776 g/mol. The number of likely N-dealkylation sites (tertiary alicyclic amines) is 1. The molecule has 2 fully saturated rings. The van der Waals surface area contributed by atoms with E-state index in [9.17, 15) is 9.59 Å². The molecule has 2 aromatic rings. The van der Waals surface area contributed by atoms with Crippen molar-refractivity contribution in [1.82, 2.24) is 10.2 Å². The quantitative estimate of drug-likeness (QED) is 0.179. The Bertz CT molecular complexity index is 1260. The van der Waals surface area contributed by atoms with E-state index in [1.54, 1.807) is 0 Å². The number of piperidine rings is 2. The summed E-state index contributed by atoms with van der Waals surface area (Å²) in [7, 11) is 0. The number of nitrogens with zero attached hydrogens (tertiary/aromatic N) is 1. The molecule has 6 rings (SSSR count). The molecule has 0 unspecified atom stereocenters. The third-order valence-corrected chi connectivity index (χ3v) is 10.5. The van der Waals surface area contributed by atoms with Gasteiger partial charge in [0.15, 0.2) is 11.6 Å². The maximum Gasteiger partial charge on any atom is 0.165 e. The molecule has 0 radical (unpaired) electrons. The summed E-state index contributed by atoms with van der Waals surface area (Å²) in [6.45, 7) is 16.6. The van der Waals surface area contributed by atoms with E-state index in [4.69, 9.17) is 0 Å². The Morgan fingerprint density at radius 3 is 1.54 bits per heavy atom. The molecule has 0 bridgehead atoms. The number of fused-ring (bicyclic) bond motifs is 2. The summed E-state index contributed by atoms with van der Waals surface area (Å²) in [5.41, 5.74) is 4.06. The third-order valence-electron chi connectivity index (χ3n) is 10.00. The van der Waals surface area contributed by atoms with Gasteiger partial charge in [0.2, 0.25) is 0 Å². The summed E-state index contributed by atoms with van der Waals surface area (Å²) in [6.07, 6.45) is 10.4. The number of Topliss-reactive ketones (excluding diaryl/α,β-unsaturated/α-hetero) is 2. The van der Waals surface area contributed by atoms with Gasteiger partial charge in [-0.25, -0.2) is 0 Å². The molecule has 0 amide bonds. The third kappa shape index (κ3) is 14.6. The zero-order chi connectivity index (χ0) is 35.0. The van der Waals surface area contributed by atoms with Crippen LogP contribution in [0, 0.1) is 11.8 Å². The summed E-state index contributed by atoms with van der Waals surface area (Å²) in [4.78, 5) is 27.0. The number of hydrogen-bond donors (Lipinski definition) is 4. The van der Waals surface area contributed by atoms with Gasteiger partial charge < -0.3 is 20.9 Å². The molecular weight excluding hydrogens is 704 g/mol. The second-order valence-corrected chi connectivity index (χ2v) is 16.1. The average Bonchev–Trinajstić information content (AvgIpc) is 3.30. The Hall–Kier alpha value is -1.87. The molecule has 4 aliphatic rings. The summed E-state index contributed by atoms with van der Waals surface area (Å²) >= 11 is 7.14. The maximum atomic E-state index is 12.3. The predicted octanol–water partition coefficient (Wildman–Crippen LogP) is 10.8. The molecule has 4 aliphatic heterocycles. The van der Waals surface area contributed by atoms with Gasteiger partial charge in [-0.15, -0.1) is 0 Å². The maximum absolute atomic E-state index is 12.3. The minimum atomic E-state index is 0. The molecule has 3 N–H and O–H groups in total. The van der Waals surface area contributed by atoms with Crippen LogP contribution in [-0.2, 0) is 0 Å². The van der Waals surface area contributed by atoms with Crippen molar-refractivity contribution < 1.29 is 9.59 Å². The standard InChI is InChI=1S/C19H28N2O.C14H18N2O.C5H11Br.C2H6S.2CH4/c1-15(2)8-12-21-13-10-19(11-14-21)9-7-18(22)16-5-3-4-6-17(16)20-19;17-13-5-6-14(7-9-15-10-8-14)16-12-4-2-1-3-11(12)13;1-5(2)3-4-6;1-2-3;;/h3-6,15,20H,7-14H2,1-2H3;1-4,15-16H,5-10H2;5H,3-4H2,1-2H3;3H,2H2,1H3;2*1H4. The highest BCUT2D eigenvalue weighted by molar-refractivity contribution is 9.09. The molecule has 6 nitrogen and oxygen atoms in total. The van der Waals surface area contributed by atoms with Crippen LogP contribution < -0.4 is 16.0 Å². The Balaban J connectivity index is 0.000000397. The molecule has 4 heterocycles. The van der Waals surface area contributed by atoms with Crippen molar-refractivity contribution in [3.63, 3.8) is 0 Å². The molecule has 284 valence electrons. The van der Waals surface area contributed by atoms with E-state index < -0.39 is 0 Å². The van der Waals surface area contributed by atoms with Gasteiger partial charge in [-0.2, -0.15) is 12.6 Å². The summed E-state index contributed by atoms with van der Waals surface area (Å²) in [5.74, 6) is 3.14. The lowest BCUT2D eigenvalue weighted by Crippen LogP contribution is -2.49. The zero-order valence-electron chi connectivity index (χ0n) is 30.4. The molecular formula is C42H71BrN4O2S. The smallest absolute Gasteiger partial charge is 0.165 e. The van der Waals surface area contributed by atoms with Crippen molar-refractivity contribution in [3.05, 3.63) is 59.7 Å². The number of rotatable bonds is 5. The lowest BCUT2D eigenvalue weighted by atomic mass is 9.83. The number of benzene rings is 2. The van der Waals surface area contributed by atoms with Crippen molar-refractivity contribution in [3.8, 4) is 0 Å². The predicted molar refractivity (Wildman–Crippen MR) is 226 cm³/mol. The first-order valence-corrected chi connectivity index (χ1v) is 20.2. The van der Waals surface area contributed by atoms with Crippen LogP contribution in [0.2, 0.25) is 0 Å². The van der Waals surface area contributed by atoms with Gasteiger partial charge in [-0.05, 0) is 113 Å². The molecule has 0 saturated carbocycles. The second kappa shape index (κ2) is 23.6. The molecule has 0 aromatic heterocycles. The number of para-hydroxylation sites is 2. The zero-order valence-corrected chi connectivity index (χ0v) is 32.9. The Morgan fingerprint density at radius 1 is 0.720 bits per heavy atom. The summed E-state index contributed by atoms with van der Waals surface area (Å²) in [6, 6.07) is 15.9. The number of nitrogens with one attached hydrogen (secondary N) is 3. The van der Waals surface area contributed by atoms with E-state index in [1.807, 2.05) is 49.4 Å². The van der Waals surface area contributed by atoms with Crippen LogP contribution in [0.3, 0.4) is 0 Å². The number of thiol groups is 1. The highest BCUT2D eigenvalue weighted by atomic mass is 79.9. The summed E-state index contributed by atoms with van der Waals surface area (Å²) in [5, 5.41) is 11.9. The van der Waals surface area contributed by atoms with Gasteiger partial charge in [-0.3, -0.25) is 9.59 Å². The van der Waals surface area contributed by atoms with Crippen LogP contribution in [0.4, 0.5) is 11.4 Å². The molecule has 0 aliphatic carbocycles. The number of carbonyl (C=O) groups excluding carboxylic acids is 2. The van der Waals surface area contributed by atoms with Crippen LogP contribution in [0.25, 0.3) is 0 Å². The van der Waals surface area contributed by atoms with Crippen molar-refractivity contribution >= 4 is 51.5 Å². The van der Waals surface area contributed by atoms with Gasteiger partial charge in [0.1, 0.15) is 0 Å². The SMILES string of the molecule is C.C.CC(C)CCBr.CC(C)CCN1CCC2(CCC(=O)c3ccccc3N2)CC1.CCS.O=C1CCC2(CCNCC2)Nc2ccccc21. The minimum absolute atomic E-state index is 0. The van der Waals surface area contributed by atoms with Gasteiger partial charge in [-0.1, -0.05) is 89.7 Å². The number of halogens is 1. The van der Waals surface area contributed by atoms with Crippen molar-refractivity contribution in [2.45, 2.75) is 125 Å². The lowest BCUT2D eigenvalue weighted by molar-refractivity contribution is 0.0960. The summed E-state index contributed by atoms with van der Waals surface area (Å²) < 4.78 is 0. The first-order valence-electron chi connectivity index (χ1n) is 18.5. The van der Waals surface area contributed by atoms with Gasteiger partial charge in [0.25, 0.3) is 0 Å². The number of ketones is 2. The normalized spacial score (nSPS) is 18.7. The van der Waals surface area contributed by atoms with Crippen molar-refractivity contribution in [1.29, 1.82) is 0 Å². The highest BCUT2D eigenvalue weighted by Gasteiger charge is 2.38. The van der Waals surface area contributed by atoms with E-state index in [0.29, 0.717) is 18.6 Å². The van der Waals surface area contributed by atoms with Crippen molar-refractivity contribution in [2.24, 2.45) is 11.8 Å². The first-order chi connectivity index (χ1) is 23.1. The van der Waals surface area contributed by atoms with Crippen molar-refractivity contribution in [2.75, 3.05) is 54.4 Å². The van der Waals surface area contributed by atoms with E-state index in [0.717, 1.165) is 110 Å². The number of anilines is 2. The van der Waals surface area contributed by atoms with Crippen LogP contribution in [-0.4, -0.2) is 71.4 Å². The lowest BCUT2D eigenvalue weighted by Gasteiger charge is -2.42. The number of alkyl halides is 1. The first kappa shape index (κ1) is 46.2. The van der Waals surface area contributed by atoms with E-state index in [1.165, 1.54) is 19.4 Å². The second-order valence-electron chi connectivity index (χ2n) is 14.7. The minimum Gasteiger partial charge on any atom is -0.379 e. The van der Waals surface area contributed by atoms with E-state index in [2.05, 4.69) is 83.2 Å². The molecule has 2 spiro atoms. The topological polar surface area (TPSA) is 73.5 Å². The Kier molecular flexibility index (Phi) is 21.8. The Labute approximate surface area is 320 Å². The van der Waals surface area contributed by atoms with Gasteiger partial charge >= 0.3 is 0 Å². The number of carbonyl (C=O) groups is 2. The van der Waals surface area contributed by atoms with Crippen LogP contribution in [0.5, 0.6) is 0 Å². The molecule has 2 aromatic carbocycles. The monoisotopic (exact) mass is 774 g/mol. The van der Waals surface area contributed by atoms with Crippen LogP contribution in [0.1, 0.15) is 134 Å². The molecule has 8 heteroatoms. The van der Waals surface area contributed by atoms with Gasteiger partial charge in [0.05, 0.1) is 0 Å². The van der Waals surface area contributed by atoms with Gasteiger partial charge in [0, 0.05) is 64.8 Å². The highest BCUT2D eigenvalue weighted by Crippen LogP contribution is 2.37.